The average Bonchev–Trinajstić information content (AvgIpc) is 2.89. The van der Waals surface area contributed by atoms with Gasteiger partial charge >= 0.3 is 6.16 Å². The molecule has 116 valence electrons. The summed E-state index contributed by atoms with van der Waals surface area (Å²) in [6, 6.07) is -0.605. The fourth-order valence-electron chi connectivity index (χ4n) is 2.24. The summed E-state index contributed by atoms with van der Waals surface area (Å²) >= 11 is 2.98. The summed E-state index contributed by atoms with van der Waals surface area (Å²) in [5.74, 6) is 0.258. The van der Waals surface area contributed by atoms with Crippen LogP contribution >= 0.6 is 23.1 Å². The number of thioether (sulfide) groups is 1. The van der Waals surface area contributed by atoms with Gasteiger partial charge in [0.1, 0.15) is 11.4 Å². The molecule has 0 bridgehead atoms. The van der Waals surface area contributed by atoms with E-state index in [-0.39, 0.29) is 17.2 Å². The second-order valence-corrected chi connectivity index (χ2v) is 6.76. The molecule has 1 aromatic rings. The standard InChI is InChI=1S/C13H13N3O4S2/c1-6-8(22-5-15-6)3-2-7-4-21-12-9(14)10(17)16(12)11(7)20-13(18)19/h2-3,5,9,12H,4,14H2,1H3,(H,18,19)/t9?,12-/m0/s1. The molecule has 7 nitrogen and oxygen atoms in total. The van der Waals surface area contributed by atoms with Gasteiger partial charge in [-0.1, -0.05) is 6.08 Å². The number of aryl methyl sites for hydroxylation is 1. The molecule has 3 rings (SSSR count). The highest BCUT2D eigenvalue weighted by atomic mass is 32.2. The summed E-state index contributed by atoms with van der Waals surface area (Å²) in [4.78, 5) is 29.2. The van der Waals surface area contributed by atoms with E-state index in [2.05, 4.69) is 4.98 Å². The molecular weight excluding hydrogens is 326 g/mol. The third-order valence-electron chi connectivity index (χ3n) is 3.39. The molecule has 1 amide bonds. The topological polar surface area (TPSA) is 106 Å². The second kappa shape index (κ2) is 5.75. The van der Waals surface area contributed by atoms with E-state index in [9.17, 15) is 9.59 Å². The number of fused-ring (bicyclic) bond motifs is 1. The summed E-state index contributed by atoms with van der Waals surface area (Å²) in [7, 11) is 0. The van der Waals surface area contributed by atoms with Crippen LogP contribution in [0, 0.1) is 6.92 Å². The monoisotopic (exact) mass is 339 g/mol. The van der Waals surface area contributed by atoms with Gasteiger partial charge < -0.3 is 15.6 Å². The van der Waals surface area contributed by atoms with Crippen LogP contribution in [0.25, 0.3) is 6.08 Å². The van der Waals surface area contributed by atoms with E-state index in [0.29, 0.717) is 11.3 Å². The van der Waals surface area contributed by atoms with Gasteiger partial charge in [0.25, 0.3) is 0 Å². The SMILES string of the molecule is Cc1ncsc1C=CC1=C(OC(=O)O)N2C(=O)C(N)[C@@H]2SC1. The summed E-state index contributed by atoms with van der Waals surface area (Å²) < 4.78 is 4.83. The van der Waals surface area contributed by atoms with E-state index in [1.807, 2.05) is 13.0 Å². The lowest BCUT2D eigenvalue weighted by molar-refractivity contribution is -0.144. The van der Waals surface area contributed by atoms with Crippen molar-refractivity contribution in [2.75, 3.05) is 5.75 Å². The van der Waals surface area contributed by atoms with Crippen LogP contribution in [-0.4, -0.2) is 44.2 Å². The van der Waals surface area contributed by atoms with Crippen molar-refractivity contribution in [3.63, 3.8) is 0 Å². The lowest BCUT2D eigenvalue weighted by Crippen LogP contribution is -2.68. The first-order valence-electron chi connectivity index (χ1n) is 6.41. The third kappa shape index (κ3) is 2.51. The molecule has 2 atom stereocenters. The number of hydrogen-bond donors (Lipinski definition) is 2. The summed E-state index contributed by atoms with van der Waals surface area (Å²) in [5.41, 5.74) is 8.99. The number of amides is 1. The van der Waals surface area contributed by atoms with E-state index in [0.717, 1.165) is 10.6 Å². The highest BCUT2D eigenvalue weighted by Gasteiger charge is 2.51. The quantitative estimate of drug-likeness (QED) is 0.636. The molecule has 1 unspecified atom stereocenters. The number of aromatic nitrogens is 1. The molecule has 3 N–H and O–H groups in total. The molecule has 3 heterocycles. The van der Waals surface area contributed by atoms with Gasteiger partial charge in [-0.15, -0.1) is 23.1 Å². The smallest absolute Gasteiger partial charge is 0.449 e. The van der Waals surface area contributed by atoms with Crippen LogP contribution in [0.5, 0.6) is 0 Å². The molecule has 1 saturated heterocycles. The van der Waals surface area contributed by atoms with Crippen molar-refractivity contribution >= 4 is 41.2 Å². The summed E-state index contributed by atoms with van der Waals surface area (Å²) in [6.07, 6.45) is 2.16. The molecule has 22 heavy (non-hydrogen) atoms. The molecule has 0 spiro atoms. The molecule has 9 heteroatoms. The fourth-order valence-corrected chi connectivity index (χ4v) is 4.17. The minimum absolute atomic E-state index is 0.0568. The molecule has 2 aliphatic heterocycles. The van der Waals surface area contributed by atoms with E-state index >= 15 is 0 Å². The molecule has 2 aliphatic rings. The van der Waals surface area contributed by atoms with E-state index in [4.69, 9.17) is 15.6 Å². The molecule has 0 aliphatic carbocycles. The van der Waals surface area contributed by atoms with E-state index in [1.165, 1.54) is 28.0 Å². The zero-order valence-electron chi connectivity index (χ0n) is 11.6. The predicted molar refractivity (Wildman–Crippen MR) is 83.1 cm³/mol. The maximum atomic E-state index is 11.9. The maximum absolute atomic E-state index is 11.9. The Bertz CT molecular complexity index is 697. The number of carboxylic acid groups (broad SMARTS) is 1. The summed E-state index contributed by atoms with van der Waals surface area (Å²) in [6.45, 7) is 1.89. The van der Waals surface area contributed by atoms with Crippen LogP contribution in [0.1, 0.15) is 10.6 Å². The highest BCUT2D eigenvalue weighted by Crippen LogP contribution is 2.40. The molecule has 0 aromatic carbocycles. The maximum Gasteiger partial charge on any atom is 0.512 e. The van der Waals surface area contributed by atoms with E-state index in [1.54, 1.807) is 11.6 Å². The Labute approximate surface area is 134 Å². The zero-order chi connectivity index (χ0) is 15.9. The Morgan fingerprint density at radius 2 is 2.36 bits per heavy atom. The normalized spacial score (nSPS) is 24.5. The molecule has 0 saturated carbocycles. The third-order valence-corrected chi connectivity index (χ3v) is 5.61. The molecule has 1 fully saturated rings. The predicted octanol–water partition coefficient (Wildman–Crippen LogP) is 1.61. The van der Waals surface area contributed by atoms with Crippen molar-refractivity contribution < 1.29 is 19.4 Å². The first kappa shape index (κ1) is 15.1. The number of allylic oxidation sites excluding steroid dienone is 1. The van der Waals surface area contributed by atoms with Gasteiger partial charge in [0.2, 0.25) is 11.8 Å². The molecule has 0 radical (unpaired) electrons. The van der Waals surface area contributed by atoms with Gasteiger partial charge in [0.05, 0.1) is 11.2 Å². The number of β-lactam (4-membered cyclic amide) rings is 1. The number of nitrogens with two attached hydrogens (primary N) is 1. The van der Waals surface area contributed by atoms with Gasteiger partial charge in [-0.25, -0.2) is 9.78 Å². The van der Waals surface area contributed by atoms with Gasteiger partial charge in [-0.3, -0.25) is 9.69 Å². The Balaban J connectivity index is 1.92. The minimum atomic E-state index is -1.45. The lowest BCUT2D eigenvalue weighted by atomic mass is 10.1. The Morgan fingerprint density at radius 3 is 3.00 bits per heavy atom. The Kier molecular flexibility index (Phi) is 3.94. The number of carbonyl (C=O) groups is 2. The largest absolute Gasteiger partial charge is 0.512 e. The van der Waals surface area contributed by atoms with Crippen molar-refractivity contribution in [3.8, 4) is 0 Å². The van der Waals surface area contributed by atoms with Gasteiger partial charge in [0.15, 0.2) is 0 Å². The van der Waals surface area contributed by atoms with Crippen molar-refractivity contribution in [1.82, 2.24) is 9.88 Å². The number of hydrogen-bond acceptors (Lipinski definition) is 7. The number of rotatable bonds is 3. The Hall–Kier alpha value is -1.84. The zero-order valence-corrected chi connectivity index (χ0v) is 13.2. The summed E-state index contributed by atoms with van der Waals surface area (Å²) in [5, 5.41) is 8.64. The highest BCUT2D eigenvalue weighted by molar-refractivity contribution is 8.00. The number of ether oxygens (including phenoxy) is 1. The van der Waals surface area contributed by atoms with Gasteiger partial charge in [-0.2, -0.15) is 0 Å². The van der Waals surface area contributed by atoms with Crippen LogP contribution in [0.4, 0.5) is 4.79 Å². The van der Waals surface area contributed by atoms with Crippen LogP contribution in [-0.2, 0) is 9.53 Å². The van der Waals surface area contributed by atoms with Gasteiger partial charge in [-0.05, 0) is 13.0 Å². The van der Waals surface area contributed by atoms with Crippen molar-refractivity contribution in [2.24, 2.45) is 5.73 Å². The van der Waals surface area contributed by atoms with Gasteiger partial charge in [0, 0.05) is 16.2 Å². The second-order valence-electron chi connectivity index (χ2n) is 4.77. The first-order valence-corrected chi connectivity index (χ1v) is 8.34. The fraction of sp³-hybridized carbons (Fsp3) is 0.308. The number of thiazole rings is 1. The number of carbonyl (C=O) groups excluding carboxylic acids is 1. The van der Waals surface area contributed by atoms with Crippen LogP contribution in [0.3, 0.4) is 0 Å². The lowest BCUT2D eigenvalue weighted by Gasteiger charge is -2.47. The molecular formula is C13H13N3O4S2. The van der Waals surface area contributed by atoms with Crippen molar-refractivity contribution in [1.29, 1.82) is 0 Å². The number of nitrogens with zero attached hydrogens (tertiary/aromatic N) is 2. The van der Waals surface area contributed by atoms with Crippen LogP contribution in [0.15, 0.2) is 23.0 Å². The Morgan fingerprint density at radius 1 is 1.59 bits per heavy atom. The molecule has 1 aromatic heterocycles. The van der Waals surface area contributed by atoms with Crippen molar-refractivity contribution in [2.45, 2.75) is 18.3 Å². The van der Waals surface area contributed by atoms with Crippen LogP contribution < -0.4 is 5.73 Å². The minimum Gasteiger partial charge on any atom is -0.449 e. The average molecular weight is 339 g/mol. The van der Waals surface area contributed by atoms with Crippen LogP contribution in [0.2, 0.25) is 0 Å². The van der Waals surface area contributed by atoms with E-state index < -0.39 is 12.2 Å². The first-order chi connectivity index (χ1) is 10.5. The van der Waals surface area contributed by atoms with Crippen molar-refractivity contribution in [3.05, 3.63) is 33.6 Å².